The molecule has 112 valence electrons. The van der Waals surface area contributed by atoms with Crippen molar-refractivity contribution in [1.29, 1.82) is 0 Å². The van der Waals surface area contributed by atoms with Crippen LogP contribution in [0.1, 0.15) is 18.1 Å². The summed E-state index contributed by atoms with van der Waals surface area (Å²) in [4.78, 5) is 0. The van der Waals surface area contributed by atoms with Crippen LogP contribution in [0.5, 0.6) is 5.75 Å². The minimum atomic E-state index is -0.811. The van der Waals surface area contributed by atoms with Crippen LogP contribution in [0.25, 0.3) is 0 Å². The fourth-order valence-corrected chi connectivity index (χ4v) is 3.03. The fourth-order valence-electron chi connectivity index (χ4n) is 2.48. The summed E-state index contributed by atoms with van der Waals surface area (Å²) < 4.78 is 11.7. The summed E-state index contributed by atoms with van der Waals surface area (Å²) in [7, 11) is 1.67. The molecule has 1 unspecified atom stereocenters. The molecule has 4 nitrogen and oxygen atoms in total. The van der Waals surface area contributed by atoms with E-state index in [0.717, 1.165) is 35.4 Å². The van der Waals surface area contributed by atoms with E-state index in [1.807, 2.05) is 13.0 Å². The average molecular weight is 344 g/mol. The Morgan fingerprint density at radius 3 is 3.05 bits per heavy atom. The van der Waals surface area contributed by atoms with E-state index in [9.17, 15) is 5.11 Å². The minimum Gasteiger partial charge on any atom is -0.493 e. The normalized spacial score (nSPS) is 16.6. The second-order valence-electron chi connectivity index (χ2n) is 5.49. The van der Waals surface area contributed by atoms with Gasteiger partial charge in [-0.2, -0.15) is 0 Å². The van der Waals surface area contributed by atoms with Crippen LogP contribution in [0.3, 0.4) is 0 Å². The van der Waals surface area contributed by atoms with Crippen LogP contribution < -0.4 is 10.1 Å². The highest BCUT2D eigenvalue weighted by Crippen LogP contribution is 2.34. The highest BCUT2D eigenvalue weighted by molar-refractivity contribution is 9.10. The molecule has 20 heavy (non-hydrogen) atoms. The lowest BCUT2D eigenvalue weighted by Crippen LogP contribution is -2.40. The van der Waals surface area contributed by atoms with Gasteiger partial charge in [0.15, 0.2) is 0 Å². The zero-order valence-corrected chi connectivity index (χ0v) is 13.6. The van der Waals surface area contributed by atoms with Crippen LogP contribution in [0.4, 0.5) is 0 Å². The van der Waals surface area contributed by atoms with Gasteiger partial charge < -0.3 is 19.9 Å². The standard InChI is InChI=1S/C15H22BrNO3/c1-15(18,10-17-4-6-19-2)9-12-8-13(16)7-11-3-5-20-14(11)12/h7-8,17-18H,3-6,9-10H2,1-2H3. The van der Waals surface area contributed by atoms with E-state index in [2.05, 4.69) is 27.3 Å². The molecule has 0 fully saturated rings. The number of ether oxygens (including phenoxy) is 2. The molecule has 1 aliphatic heterocycles. The van der Waals surface area contributed by atoms with Gasteiger partial charge in [0.2, 0.25) is 0 Å². The summed E-state index contributed by atoms with van der Waals surface area (Å²) >= 11 is 3.53. The molecule has 0 saturated carbocycles. The quantitative estimate of drug-likeness (QED) is 0.742. The number of rotatable bonds is 7. The summed E-state index contributed by atoms with van der Waals surface area (Å²) in [6, 6.07) is 4.13. The molecule has 5 heteroatoms. The van der Waals surface area contributed by atoms with Crippen LogP contribution >= 0.6 is 15.9 Å². The van der Waals surface area contributed by atoms with Gasteiger partial charge >= 0.3 is 0 Å². The molecule has 2 N–H and O–H groups in total. The average Bonchev–Trinajstić information content (AvgIpc) is 2.82. The lowest BCUT2D eigenvalue weighted by atomic mass is 9.94. The van der Waals surface area contributed by atoms with Gasteiger partial charge in [-0.15, -0.1) is 0 Å². The van der Waals surface area contributed by atoms with E-state index < -0.39 is 5.60 Å². The van der Waals surface area contributed by atoms with E-state index >= 15 is 0 Å². The van der Waals surface area contributed by atoms with E-state index in [0.29, 0.717) is 19.6 Å². The molecule has 2 rings (SSSR count). The molecule has 0 amide bonds. The van der Waals surface area contributed by atoms with Crippen LogP contribution in [-0.2, 0) is 17.6 Å². The number of nitrogens with one attached hydrogen (secondary N) is 1. The molecule has 0 spiro atoms. The van der Waals surface area contributed by atoms with E-state index in [1.54, 1.807) is 7.11 Å². The first kappa shape index (κ1) is 15.8. The highest BCUT2D eigenvalue weighted by Gasteiger charge is 2.25. The molecule has 1 aromatic carbocycles. The van der Waals surface area contributed by atoms with E-state index in [1.165, 1.54) is 5.56 Å². The summed E-state index contributed by atoms with van der Waals surface area (Å²) in [6.07, 6.45) is 1.50. The third-order valence-corrected chi connectivity index (χ3v) is 3.84. The van der Waals surface area contributed by atoms with Crippen molar-refractivity contribution < 1.29 is 14.6 Å². The van der Waals surface area contributed by atoms with Crippen molar-refractivity contribution in [1.82, 2.24) is 5.32 Å². The van der Waals surface area contributed by atoms with Gasteiger partial charge in [0.25, 0.3) is 0 Å². The van der Waals surface area contributed by atoms with Crippen LogP contribution in [-0.4, -0.2) is 44.1 Å². The van der Waals surface area contributed by atoms with Gasteiger partial charge in [-0.25, -0.2) is 0 Å². The van der Waals surface area contributed by atoms with Crippen molar-refractivity contribution >= 4 is 15.9 Å². The van der Waals surface area contributed by atoms with Gasteiger partial charge in [0.05, 0.1) is 18.8 Å². The first-order valence-electron chi connectivity index (χ1n) is 6.88. The largest absolute Gasteiger partial charge is 0.493 e. The summed E-state index contributed by atoms with van der Waals surface area (Å²) in [6.45, 7) is 4.48. The molecule has 1 atom stereocenters. The Kier molecular flexibility index (Phi) is 5.43. The Balaban J connectivity index is 2.02. The second-order valence-corrected chi connectivity index (χ2v) is 6.41. The number of methoxy groups -OCH3 is 1. The number of fused-ring (bicyclic) bond motifs is 1. The van der Waals surface area contributed by atoms with Crippen LogP contribution in [0.2, 0.25) is 0 Å². The lowest BCUT2D eigenvalue weighted by molar-refractivity contribution is 0.0575. The minimum absolute atomic E-state index is 0.525. The zero-order valence-electron chi connectivity index (χ0n) is 12.0. The summed E-state index contributed by atoms with van der Waals surface area (Å²) in [5.74, 6) is 0.949. The molecule has 1 heterocycles. The van der Waals surface area contributed by atoms with Crippen molar-refractivity contribution in [2.24, 2.45) is 0 Å². The number of hydrogen-bond donors (Lipinski definition) is 2. The van der Waals surface area contributed by atoms with Gasteiger partial charge in [0, 0.05) is 37.5 Å². The molecule has 1 aliphatic rings. The van der Waals surface area contributed by atoms with Gasteiger partial charge in [-0.1, -0.05) is 15.9 Å². The molecule has 0 aliphatic carbocycles. The topological polar surface area (TPSA) is 50.7 Å². The van der Waals surface area contributed by atoms with E-state index in [-0.39, 0.29) is 0 Å². The Hall–Kier alpha value is -0.620. The lowest BCUT2D eigenvalue weighted by Gasteiger charge is -2.25. The number of halogens is 1. The highest BCUT2D eigenvalue weighted by atomic mass is 79.9. The van der Waals surface area contributed by atoms with Crippen LogP contribution in [0.15, 0.2) is 16.6 Å². The van der Waals surface area contributed by atoms with Crippen molar-refractivity contribution in [2.75, 3.05) is 33.4 Å². The smallest absolute Gasteiger partial charge is 0.125 e. The predicted octanol–water partition coefficient (Wildman–Crippen LogP) is 1.91. The third kappa shape index (κ3) is 4.19. The van der Waals surface area contributed by atoms with Gasteiger partial charge in [-0.3, -0.25) is 0 Å². The van der Waals surface area contributed by atoms with Crippen LogP contribution in [0, 0.1) is 0 Å². The molecular weight excluding hydrogens is 322 g/mol. The monoisotopic (exact) mass is 343 g/mol. The first-order chi connectivity index (χ1) is 9.52. The molecular formula is C15H22BrNO3. The maximum atomic E-state index is 10.5. The van der Waals surface area contributed by atoms with Gasteiger partial charge in [0.1, 0.15) is 5.75 Å². The molecule has 1 aromatic rings. The molecule has 0 radical (unpaired) electrons. The Bertz CT molecular complexity index is 463. The van der Waals surface area contributed by atoms with Crippen molar-refractivity contribution in [3.8, 4) is 5.75 Å². The maximum absolute atomic E-state index is 10.5. The summed E-state index contributed by atoms with van der Waals surface area (Å²) in [5.41, 5.74) is 1.47. The van der Waals surface area contributed by atoms with E-state index in [4.69, 9.17) is 9.47 Å². The predicted molar refractivity (Wildman–Crippen MR) is 82.4 cm³/mol. The zero-order chi connectivity index (χ0) is 14.6. The van der Waals surface area contributed by atoms with Crippen molar-refractivity contribution in [2.45, 2.75) is 25.4 Å². The van der Waals surface area contributed by atoms with Crippen molar-refractivity contribution in [3.05, 3.63) is 27.7 Å². The Morgan fingerprint density at radius 2 is 2.30 bits per heavy atom. The molecule has 0 saturated heterocycles. The number of benzene rings is 1. The summed E-state index contributed by atoms with van der Waals surface area (Å²) in [5, 5.41) is 13.7. The third-order valence-electron chi connectivity index (χ3n) is 3.39. The van der Waals surface area contributed by atoms with Crippen molar-refractivity contribution in [3.63, 3.8) is 0 Å². The molecule has 0 aromatic heterocycles. The first-order valence-corrected chi connectivity index (χ1v) is 7.67. The fraction of sp³-hybridized carbons (Fsp3) is 0.600. The van der Waals surface area contributed by atoms with Gasteiger partial charge in [-0.05, 0) is 30.2 Å². The SMILES string of the molecule is COCCNCC(C)(O)Cc1cc(Br)cc2c1OCC2. The second kappa shape index (κ2) is 6.89. The molecule has 0 bridgehead atoms. The number of hydrogen-bond acceptors (Lipinski definition) is 4. The maximum Gasteiger partial charge on any atom is 0.125 e. The Labute approximate surface area is 128 Å². The number of aliphatic hydroxyl groups is 1. The Morgan fingerprint density at radius 1 is 1.50 bits per heavy atom.